The molecule has 0 spiro atoms. The topological polar surface area (TPSA) is 57.2 Å². The zero-order valence-corrected chi connectivity index (χ0v) is 22.7. The van der Waals surface area contributed by atoms with Crippen molar-refractivity contribution in [3.63, 3.8) is 0 Å². The molecule has 2 aromatic carbocycles. The van der Waals surface area contributed by atoms with Crippen LogP contribution in [0.15, 0.2) is 35.2 Å². The Morgan fingerprint density at radius 2 is 1.23 bits per heavy atom. The molecule has 0 aromatic heterocycles. The molecule has 3 nitrogen and oxygen atoms in total. The number of fused-ring (bicyclic) bond motifs is 1. The van der Waals surface area contributed by atoms with Gasteiger partial charge in [-0.3, -0.25) is 0 Å². The van der Waals surface area contributed by atoms with Crippen LogP contribution < -0.4 is 29.6 Å². The van der Waals surface area contributed by atoms with E-state index in [1.165, 1.54) is 63.4 Å². The molecular formula is C26H39NaO3S. The van der Waals surface area contributed by atoms with E-state index in [2.05, 4.69) is 32.0 Å². The molecule has 0 aliphatic heterocycles. The Labute approximate surface area is 212 Å². The zero-order valence-electron chi connectivity index (χ0n) is 19.9. The van der Waals surface area contributed by atoms with Gasteiger partial charge in [-0.05, 0) is 59.7 Å². The molecule has 0 atom stereocenters. The van der Waals surface area contributed by atoms with Gasteiger partial charge in [-0.15, -0.1) is 0 Å². The van der Waals surface area contributed by atoms with Gasteiger partial charge in [0.15, 0.2) is 0 Å². The monoisotopic (exact) mass is 454 g/mol. The van der Waals surface area contributed by atoms with Crippen molar-refractivity contribution in [2.24, 2.45) is 0 Å². The second-order valence-electron chi connectivity index (χ2n) is 8.63. The quantitative estimate of drug-likeness (QED) is 0.225. The Morgan fingerprint density at radius 1 is 0.677 bits per heavy atom. The Morgan fingerprint density at radius 3 is 1.81 bits per heavy atom. The minimum atomic E-state index is -4.47. The van der Waals surface area contributed by atoms with Crippen LogP contribution in [0.2, 0.25) is 0 Å². The van der Waals surface area contributed by atoms with Gasteiger partial charge in [0.1, 0.15) is 10.1 Å². The first-order chi connectivity index (χ1) is 14.5. The third-order valence-corrected chi connectivity index (χ3v) is 6.89. The van der Waals surface area contributed by atoms with Gasteiger partial charge in [0.05, 0.1) is 4.90 Å². The van der Waals surface area contributed by atoms with Crippen molar-refractivity contribution in [1.29, 1.82) is 0 Å². The summed E-state index contributed by atoms with van der Waals surface area (Å²) in [6.07, 6.45) is 16.0. The fraction of sp³-hybridized carbons (Fsp3) is 0.615. The predicted molar refractivity (Wildman–Crippen MR) is 126 cm³/mol. The average Bonchev–Trinajstić information content (AvgIpc) is 2.72. The SMILES string of the molecule is CCCCCCCCc1ccc2cc(CCCCCCCC)c(S(=O)(=O)[O-])cc2c1.[Na+]. The van der Waals surface area contributed by atoms with Crippen molar-refractivity contribution in [1.82, 2.24) is 0 Å². The summed E-state index contributed by atoms with van der Waals surface area (Å²) in [6, 6.07) is 9.81. The van der Waals surface area contributed by atoms with Crippen LogP contribution in [0.5, 0.6) is 0 Å². The van der Waals surface area contributed by atoms with Crippen LogP contribution in [0.3, 0.4) is 0 Å². The molecule has 0 unspecified atom stereocenters. The number of rotatable bonds is 15. The van der Waals surface area contributed by atoms with Crippen LogP contribution in [0, 0.1) is 0 Å². The first-order valence-corrected chi connectivity index (χ1v) is 13.4. The Bertz CT molecular complexity index is 878. The van der Waals surface area contributed by atoms with Gasteiger partial charge in [-0.1, -0.05) is 96.3 Å². The Hall–Kier alpha value is -0.390. The second kappa shape index (κ2) is 15.4. The molecule has 0 fully saturated rings. The number of benzene rings is 2. The third-order valence-electron chi connectivity index (χ3n) is 5.97. The van der Waals surface area contributed by atoms with Gasteiger partial charge in [0.25, 0.3) is 0 Å². The van der Waals surface area contributed by atoms with Gasteiger partial charge < -0.3 is 4.55 Å². The van der Waals surface area contributed by atoms with Crippen molar-refractivity contribution in [3.05, 3.63) is 41.5 Å². The number of unbranched alkanes of at least 4 members (excludes halogenated alkanes) is 10. The molecule has 0 radical (unpaired) electrons. The average molecular weight is 455 g/mol. The normalized spacial score (nSPS) is 11.6. The molecule has 0 N–H and O–H groups in total. The summed E-state index contributed by atoms with van der Waals surface area (Å²) in [5.74, 6) is 0. The molecule has 0 amide bonds. The maximum absolute atomic E-state index is 11.9. The predicted octanol–water partition coefficient (Wildman–Crippen LogP) is 4.55. The third kappa shape index (κ3) is 10.4. The Balaban J connectivity index is 0.00000480. The molecule has 0 aliphatic carbocycles. The first kappa shape index (κ1) is 28.6. The maximum Gasteiger partial charge on any atom is 1.00 e. The molecule has 2 aromatic rings. The van der Waals surface area contributed by atoms with Gasteiger partial charge in [-0.25, -0.2) is 8.42 Å². The van der Waals surface area contributed by atoms with E-state index in [4.69, 9.17) is 0 Å². The zero-order chi connectivity index (χ0) is 21.8. The fourth-order valence-corrected chi connectivity index (χ4v) is 4.92. The van der Waals surface area contributed by atoms with Gasteiger partial charge >= 0.3 is 29.6 Å². The van der Waals surface area contributed by atoms with Crippen LogP contribution in [0.1, 0.15) is 102 Å². The van der Waals surface area contributed by atoms with E-state index in [-0.39, 0.29) is 34.5 Å². The summed E-state index contributed by atoms with van der Waals surface area (Å²) in [5, 5.41) is 1.88. The molecule has 5 heteroatoms. The molecule has 0 bridgehead atoms. The van der Waals surface area contributed by atoms with Crippen LogP contribution in [0.4, 0.5) is 0 Å². The molecule has 31 heavy (non-hydrogen) atoms. The van der Waals surface area contributed by atoms with E-state index in [0.717, 1.165) is 36.5 Å². The largest absolute Gasteiger partial charge is 1.00 e. The maximum atomic E-state index is 11.9. The molecule has 0 saturated carbocycles. The number of hydrogen-bond donors (Lipinski definition) is 0. The van der Waals surface area contributed by atoms with Gasteiger partial charge in [0.2, 0.25) is 0 Å². The first-order valence-electron chi connectivity index (χ1n) is 12.0. The van der Waals surface area contributed by atoms with E-state index >= 15 is 0 Å². The van der Waals surface area contributed by atoms with E-state index in [9.17, 15) is 13.0 Å². The van der Waals surface area contributed by atoms with Crippen molar-refractivity contribution in [2.75, 3.05) is 0 Å². The molecule has 168 valence electrons. The van der Waals surface area contributed by atoms with E-state index in [1.807, 2.05) is 6.07 Å². The van der Waals surface area contributed by atoms with Crippen molar-refractivity contribution < 1.29 is 42.5 Å². The Kier molecular flexibility index (Phi) is 14.3. The summed E-state index contributed by atoms with van der Waals surface area (Å²) in [6.45, 7) is 4.42. The minimum Gasteiger partial charge on any atom is -0.744 e. The van der Waals surface area contributed by atoms with Gasteiger partial charge in [0, 0.05) is 0 Å². The molecule has 0 saturated heterocycles. The molecule has 2 rings (SSSR count). The van der Waals surface area contributed by atoms with E-state index < -0.39 is 10.1 Å². The summed E-state index contributed by atoms with van der Waals surface area (Å²) >= 11 is 0. The van der Waals surface area contributed by atoms with Crippen molar-refractivity contribution >= 4 is 20.9 Å². The van der Waals surface area contributed by atoms with E-state index in [1.54, 1.807) is 6.07 Å². The standard InChI is InChI=1S/C26H40O3S.Na/c1-3-5-7-9-11-13-15-22-17-18-23-20-24(16-14-12-10-8-6-4-2)26(30(27,28)29)21-25(23)19-22;/h17-21H,3-16H2,1-2H3,(H,27,28,29);/q;+1/p-1. The fourth-order valence-electron chi connectivity index (χ4n) is 4.16. The number of aryl methyl sites for hydroxylation is 2. The minimum absolute atomic E-state index is 0. The number of hydrogen-bond acceptors (Lipinski definition) is 3. The molecule has 0 heterocycles. The summed E-state index contributed by atoms with van der Waals surface area (Å²) < 4.78 is 35.7. The van der Waals surface area contributed by atoms with Crippen LogP contribution >= 0.6 is 0 Å². The summed E-state index contributed by atoms with van der Waals surface area (Å²) in [4.78, 5) is -0.0275. The van der Waals surface area contributed by atoms with Gasteiger partial charge in [-0.2, -0.15) is 0 Å². The molecule has 0 aliphatic rings. The smallest absolute Gasteiger partial charge is 0.744 e. The summed E-state index contributed by atoms with van der Waals surface area (Å²) in [5.41, 5.74) is 1.90. The van der Waals surface area contributed by atoms with Crippen molar-refractivity contribution in [2.45, 2.75) is 109 Å². The second-order valence-corrected chi connectivity index (χ2v) is 9.98. The van der Waals surface area contributed by atoms with Crippen molar-refractivity contribution in [3.8, 4) is 0 Å². The summed E-state index contributed by atoms with van der Waals surface area (Å²) in [7, 11) is -4.47. The van der Waals surface area contributed by atoms with Crippen LogP contribution in [-0.2, 0) is 23.0 Å². The molecular weight excluding hydrogens is 415 g/mol. The van der Waals surface area contributed by atoms with Crippen LogP contribution in [-0.4, -0.2) is 13.0 Å². The van der Waals surface area contributed by atoms with Crippen LogP contribution in [0.25, 0.3) is 10.8 Å². The van der Waals surface area contributed by atoms with E-state index in [0.29, 0.717) is 12.0 Å².